The number of thiazole rings is 1. The highest BCUT2D eigenvalue weighted by molar-refractivity contribution is 7.09. The zero-order valence-corrected chi connectivity index (χ0v) is 15.7. The summed E-state index contributed by atoms with van der Waals surface area (Å²) in [7, 11) is 0. The Kier molecular flexibility index (Phi) is 4.54. The summed E-state index contributed by atoms with van der Waals surface area (Å²) in [5.74, 6) is 0.302. The molecule has 136 valence electrons. The van der Waals surface area contributed by atoms with E-state index in [1.165, 1.54) is 11.3 Å². The standard InChI is InChI=1S/C18H26N4O2S/c1-14-19-15(12-25-14)17(24)21-9-4-5-18(13-21)6-10-22(18)11-16(23)20-7-2-3-8-20/h12H,2-11,13H2,1H3/t18-/m0/s1. The van der Waals surface area contributed by atoms with Crippen molar-refractivity contribution in [1.29, 1.82) is 0 Å². The van der Waals surface area contributed by atoms with E-state index in [9.17, 15) is 9.59 Å². The van der Waals surface area contributed by atoms with E-state index in [0.717, 1.165) is 69.8 Å². The Labute approximate surface area is 152 Å². The maximum absolute atomic E-state index is 12.8. The summed E-state index contributed by atoms with van der Waals surface area (Å²) in [5, 5.41) is 2.78. The molecule has 0 aliphatic carbocycles. The Balaban J connectivity index is 1.41. The van der Waals surface area contributed by atoms with Crippen LogP contribution in [0.3, 0.4) is 0 Å². The van der Waals surface area contributed by atoms with Gasteiger partial charge in [-0.1, -0.05) is 0 Å². The third kappa shape index (κ3) is 3.19. The molecule has 2 amide bonds. The molecule has 3 aliphatic rings. The van der Waals surface area contributed by atoms with Gasteiger partial charge in [-0.15, -0.1) is 11.3 Å². The topological polar surface area (TPSA) is 56.8 Å². The molecule has 0 aromatic carbocycles. The quantitative estimate of drug-likeness (QED) is 0.822. The maximum atomic E-state index is 12.8. The Hall–Kier alpha value is -1.47. The first-order valence-electron chi connectivity index (χ1n) is 9.32. The van der Waals surface area contributed by atoms with Gasteiger partial charge in [0.15, 0.2) is 0 Å². The molecule has 7 heteroatoms. The largest absolute Gasteiger partial charge is 0.342 e. The van der Waals surface area contributed by atoms with Crippen molar-refractivity contribution < 1.29 is 9.59 Å². The van der Waals surface area contributed by atoms with Crippen LogP contribution in [0.5, 0.6) is 0 Å². The van der Waals surface area contributed by atoms with Crippen LogP contribution >= 0.6 is 11.3 Å². The average molecular weight is 362 g/mol. The maximum Gasteiger partial charge on any atom is 0.273 e. The molecule has 1 aromatic rings. The summed E-state index contributed by atoms with van der Waals surface area (Å²) in [6.45, 7) is 6.76. The third-order valence-electron chi connectivity index (χ3n) is 5.98. The van der Waals surface area contributed by atoms with Gasteiger partial charge in [0.2, 0.25) is 5.91 Å². The Bertz CT molecular complexity index is 670. The minimum absolute atomic E-state index is 0.00829. The van der Waals surface area contributed by atoms with Gasteiger partial charge < -0.3 is 9.80 Å². The van der Waals surface area contributed by atoms with Crippen molar-refractivity contribution >= 4 is 23.2 Å². The molecular weight excluding hydrogens is 336 g/mol. The fourth-order valence-corrected chi connectivity index (χ4v) is 5.02. The van der Waals surface area contributed by atoms with Gasteiger partial charge in [0, 0.05) is 43.6 Å². The van der Waals surface area contributed by atoms with Gasteiger partial charge in [-0.2, -0.15) is 0 Å². The van der Waals surface area contributed by atoms with Crippen molar-refractivity contribution in [3.05, 3.63) is 16.1 Å². The summed E-state index contributed by atoms with van der Waals surface area (Å²) >= 11 is 1.52. The monoisotopic (exact) mass is 362 g/mol. The van der Waals surface area contributed by atoms with Crippen LogP contribution < -0.4 is 0 Å². The molecule has 0 unspecified atom stereocenters. The van der Waals surface area contributed by atoms with Gasteiger partial charge in [0.05, 0.1) is 11.6 Å². The van der Waals surface area contributed by atoms with Crippen LogP contribution in [0.15, 0.2) is 5.38 Å². The summed E-state index contributed by atoms with van der Waals surface area (Å²) in [5.41, 5.74) is 0.576. The highest BCUT2D eigenvalue weighted by Crippen LogP contribution is 2.39. The smallest absolute Gasteiger partial charge is 0.273 e. The van der Waals surface area contributed by atoms with Crippen LogP contribution in [0.4, 0.5) is 0 Å². The number of likely N-dealkylation sites (tertiary alicyclic amines) is 3. The van der Waals surface area contributed by atoms with Gasteiger partial charge in [-0.3, -0.25) is 14.5 Å². The van der Waals surface area contributed by atoms with E-state index in [-0.39, 0.29) is 17.4 Å². The molecule has 0 saturated carbocycles. The van der Waals surface area contributed by atoms with Crippen LogP contribution in [-0.2, 0) is 4.79 Å². The number of aryl methyl sites for hydroxylation is 1. The lowest BCUT2D eigenvalue weighted by Gasteiger charge is -2.57. The number of carbonyl (C=O) groups is 2. The van der Waals surface area contributed by atoms with Crippen molar-refractivity contribution in [3.8, 4) is 0 Å². The lowest BCUT2D eigenvalue weighted by molar-refractivity contribution is -0.138. The van der Waals surface area contributed by atoms with Crippen molar-refractivity contribution in [3.63, 3.8) is 0 Å². The fraction of sp³-hybridized carbons (Fsp3) is 0.722. The molecule has 4 rings (SSSR count). The number of carbonyl (C=O) groups excluding carboxylic acids is 2. The number of nitrogens with zero attached hydrogens (tertiary/aromatic N) is 4. The van der Waals surface area contributed by atoms with E-state index < -0.39 is 0 Å². The highest BCUT2D eigenvalue weighted by atomic mass is 32.1. The van der Waals surface area contributed by atoms with Crippen LogP contribution in [0, 0.1) is 6.92 Å². The number of aromatic nitrogens is 1. The molecule has 4 heterocycles. The van der Waals surface area contributed by atoms with E-state index in [1.807, 2.05) is 22.1 Å². The zero-order chi connectivity index (χ0) is 17.4. The number of hydrogen-bond donors (Lipinski definition) is 0. The third-order valence-corrected chi connectivity index (χ3v) is 6.76. The molecule has 25 heavy (non-hydrogen) atoms. The van der Waals surface area contributed by atoms with E-state index in [2.05, 4.69) is 9.88 Å². The number of hydrogen-bond acceptors (Lipinski definition) is 5. The predicted octanol–water partition coefficient (Wildman–Crippen LogP) is 1.75. The van der Waals surface area contributed by atoms with E-state index >= 15 is 0 Å². The lowest BCUT2D eigenvalue weighted by Crippen LogP contribution is -2.68. The summed E-state index contributed by atoms with van der Waals surface area (Å²) < 4.78 is 0. The summed E-state index contributed by atoms with van der Waals surface area (Å²) in [6, 6.07) is 0. The first-order valence-corrected chi connectivity index (χ1v) is 10.2. The second-order valence-corrected chi connectivity index (χ2v) is 8.63. The van der Waals surface area contributed by atoms with Crippen molar-refractivity contribution in [2.75, 3.05) is 39.3 Å². The second-order valence-electron chi connectivity index (χ2n) is 7.57. The minimum atomic E-state index is 0.00829. The van der Waals surface area contributed by atoms with Crippen LogP contribution in [-0.4, -0.2) is 76.3 Å². The van der Waals surface area contributed by atoms with Crippen LogP contribution in [0.2, 0.25) is 0 Å². The summed E-state index contributed by atoms with van der Waals surface area (Å²) in [6.07, 6.45) is 5.43. The Morgan fingerprint density at radius 2 is 1.88 bits per heavy atom. The van der Waals surface area contributed by atoms with Crippen molar-refractivity contribution in [2.45, 2.75) is 44.6 Å². The van der Waals surface area contributed by atoms with Gasteiger partial charge in [-0.05, 0) is 39.0 Å². The molecule has 1 atom stereocenters. The zero-order valence-electron chi connectivity index (χ0n) is 14.9. The molecule has 0 N–H and O–H groups in total. The number of amides is 2. The predicted molar refractivity (Wildman–Crippen MR) is 96.7 cm³/mol. The second kappa shape index (κ2) is 6.68. The van der Waals surface area contributed by atoms with Gasteiger partial charge in [0.1, 0.15) is 5.69 Å². The highest BCUT2D eigenvalue weighted by Gasteiger charge is 2.49. The first kappa shape index (κ1) is 17.0. The van der Waals surface area contributed by atoms with Gasteiger partial charge >= 0.3 is 0 Å². The molecule has 1 spiro atoms. The first-order chi connectivity index (χ1) is 12.1. The van der Waals surface area contributed by atoms with Crippen molar-refractivity contribution in [1.82, 2.24) is 19.7 Å². The number of piperidine rings is 1. The molecular formula is C18H26N4O2S. The van der Waals surface area contributed by atoms with Gasteiger partial charge in [-0.25, -0.2) is 4.98 Å². The van der Waals surface area contributed by atoms with Crippen LogP contribution in [0.1, 0.15) is 47.6 Å². The number of rotatable bonds is 3. The molecule has 0 bridgehead atoms. The SMILES string of the molecule is Cc1nc(C(=O)N2CCC[C@]3(CCN3CC(=O)N3CCCC3)C2)cs1. The lowest BCUT2D eigenvalue weighted by atomic mass is 9.77. The molecule has 1 aromatic heterocycles. The van der Waals surface area contributed by atoms with E-state index in [0.29, 0.717) is 12.2 Å². The summed E-state index contributed by atoms with van der Waals surface area (Å²) in [4.78, 5) is 35.9. The van der Waals surface area contributed by atoms with Gasteiger partial charge in [0.25, 0.3) is 5.91 Å². The van der Waals surface area contributed by atoms with Crippen molar-refractivity contribution in [2.24, 2.45) is 0 Å². The molecule has 6 nitrogen and oxygen atoms in total. The van der Waals surface area contributed by atoms with E-state index in [1.54, 1.807) is 0 Å². The Morgan fingerprint density at radius 1 is 1.12 bits per heavy atom. The normalized spacial score (nSPS) is 26.9. The Morgan fingerprint density at radius 3 is 2.52 bits per heavy atom. The molecule has 0 radical (unpaired) electrons. The average Bonchev–Trinajstić information content (AvgIpc) is 3.29. The van der Waals surface area contributed by atoms with Crippen LogP contribution in [0.25, 0.3) is 0 Å². The molecule has 3 aliphatic heterocycles. The van der Waals surface area contributed by atoms with E-state index in [4.69, 9.17) is 0 Å². The molecule has 3 saturated heterocycles. The molecule has 3 fully saturated rings. The fourth-order valence-electron chi connectivity index (χ4n) is 4.43. The minimum Gasteiger partial charge on any atom is -0.342 e.